The molecule has 4 rings (SSSR count). The fourth-order valence-electron chi connectivity index (χ4n) is 2.94. The molecule has 1 aliphatic heterocycles. The van der Waals surface area contributed by atoms with Gasteiger partial charge in [-0.1, -0.05) is 46.3 Å². The van der Waals surface area contributed by atoms with E-state index >= 15 is 0 Å². The zero-order valence-corrected chi connectivity index (χ0v) is 14.9. The van der Waals surface area contributed by atoms with Crippen molar-refractivity contribution in [2.45, 2.75) is 6.54 Å². The van der Waals surface area contributed by atoms with Crippen LogP contribution in [0.15, 0.2) is 67.6 Å². The Balaban J connectivity index is 2.09. The number of aliphatic imine (C=N–C) groups is 1. The lowest BCUT2D eigenvalue weighted by Crippen LogP contribution is -2.42. The smallest absolute Gasteiger partial charge is 0.276 e. The predicted octanol–water partition coefficient (Wildman–Crippen LogP) is 2.04. The average molecular weight is 397 g/mol. The first-order valence-corrected chi connectivity index (χ1v) is 8.45. The van der Waals surface area contributed by atoms with Gasteiger partial charge in [-0.3, -0.25) is 19.1 Å². The lowest BCUT2D eigenvalue weighted by atomic mass is 10.0. The highest BCUT2D eigenvalue weighted by Crippen LogP contribution is 2.26. The van der Waals surface area contributed by atoms with Crippen LogP contribution < -0.4 is 11.1 Å². The standard InChI is InChI=1S/C18H13BrN4O2/c1-22-17(24)18(25)23-14-8-7-12(19)9-13(14)16(20-10-15(23)21-22)11-5-3-2-4-6-11/h2-9H,10H2,1H3. The summed E-state index contributed by atoms with van der Waals surface area (Å²) in [6, 6.07) is 15.3. The number of halogens is 1. The lowest BCUT2D eigenvalue weighted by molar-refractivity contribution is 0.611. The summed E-state index contributed by atoms with van der Waals surface area (Å²) in [5.74, 6) is 0.432. The molecule has 0 amide bonds. The Morgan fingerprint density at radius 2 is 1.80 bits per heavy atom. The van der Waals surface area contributed by atoms with Gasteiger partial charge in [0.2, 0.25) is 0 Å². The Labute approximate surface area is 151 Å². The number of aromatic nitrogens is 3. The van der Waals surface area contributed by atoms with Crippen LogP contribution in [0.2, 0.25) is 0 Å². The third-order valence-corrected chi connectivity index (χ3v) is 4.58. The molecule has 2 aromatic carbocycles. The van der Waals surface area contributed by atoms with Gasteiger partial charge < -0.3 is 0 Å². The van der Waals surface area contributed by atoms with E-state index in [9.17, 15) is 9.59 Å². The number of fused-ring (bicyclic) bond motifs is 3. The molecule has 0 saturated heterocycles. The van der Waals surface area contributed by atoms with Crippen LogP contribution in [0.3, 0.4) is 0 Å². The highest BCUT2D eigenvalue weighted by molar-refractivity contribution is 9.10. The second-order valence-electron chi connectivity index (χ2n) is 5.68. The Morgan fingerprint density at radius 3 is 2.56 bits per heavy atom. The highest BCUT2D eigenvalue weighted by Gasteiger charge is 2.22. The van der Waals surface area contributed by atoms with Gasteiger partial charge in [0.05, 0.1) is 11.4 Å². The van der Waals surface area contributed by atoms with E-state index in [4.69, 9.17) is 0 Å². The molecule has 25 heavy (non-hydrogen) atoms. The number of rotatable bonds is 1. The first-order valence-electron chi connectivity index (χ1n) is 7.65. The van der Waals surface area contributed by atoms with Crippen LogP contribution >= 0.6 is 15.9 Å². The van der Waals surface area contributed by atoms with Crippen LogP contribution in [0.1, 0.15) is 17.0 Å². The van der Waals surface area contributed by atoms with Crippen molar-refractivity contribution in [3.63, 3.8) is 0 Å². The van der Waals surface area contributed by atoms with E-state index in [2.05, 4.69) is 26.0 Å². The minimum absolute atomic E-state index is 0.208. The van der Waals surface area contributed by atoms with E-state index in [0.29, 0.717) is 11.5 Å². The van der Waals surface area contributed by atoms with Crippen molar-refractivity contribution < 1.29 is 0 Å². The van der Waals surface area contributed by atoms with Crippen LogP contribution in [0.25, 0.3) is 5.69 Å². The fraction of sp³-hybridized carbons (Fsp3) is 0.111. The molecule has 0 unspecified atom stereocenters. The molecule has 0 spiro atoms. The van der Waals surface area contributed by atoms with Crippen LogP contribution in [0, 0.1) is 0 Å². The van der Waals surface area contributed by atoms with Gasteiger partial charge >= 0.3 is 11.1 Å². The van der Waals surface area contributed by atoms with Crippen molar-refractivity contribution in [3.05, 3.63) is 90.7 Å². The van der Waals surface area contributed by atoms with Gasteiger partial charge in [0.1, 0.15) is 6.54 Å². The zero-order valence-electron chi connectivity index (χ0n) is 13.3. The molecule has 0 fully saturated rings. The molecule has 6 nitrogen and oxygen atoms in total. The minimum Gasteiger partial charge on any atom is -0.276 e. The Hall–Kier alpha value is -2.80. The van der Waals surface area contributed by atoms with Gasteiger partial charge in [-0.15, -0.1) is 0 Å². The zero-order chi connectivity index (χ0) is 17.6. The van der Waals surface area contributed by atoms with Crippen molar-refractivity contribution >= 4 is 21.6 Å². The lowest BCUT2D eigenvalue weighted by Gasteiger charge is -2.13. The molecular formula is C18H13BrN4O2. The second-order valence-corrected chi connectivity index (χ2v) is 6.59. The number of benzene rings is 2. The van der Waals surface area contributed by atoms with Gasteiger partial charge in [0, 0.05) is 22.6 Å². The van der Waals surface area contributed by atoms with Gasteiger partial charge in [-0.2, -0.15) is 5.10 Å². The van der Waals surface area contributed by atoms with E-state index in [1.54, 1.807) is 6.07 Å². The van der Waals surface area contributed by atoms with Crippen LogP contribution in [-0.4, -0.2) is 20.1 Å². The number of hydrogen-bond donors (Lipinski definition) is 0. The molecule has 1 aliphatic rings. The Bertz CT molecular complexity index is 1130. The topological polar surface area (TPSA) is 69.2 Å². The SMILES string of the molecule is Cn1nc2n(c(=O)c1=O)-c1ccc(Br)cc1C(c1ccccc1)=NC2. The summed E-state index contributed by atoms with van der Waals surface area (Å²) in [5.41, 5.74) is 1.79. The molecule has 0 bridgehead atoms. The van der Waals surface area contributed by atoms with E-state index in [1.807, 2.05) is 42.5 Å². The summed E-state index contributed by atoms with van der Waals surface area (Å²) >= 11 is 3.48. The van der Waals surface area contributed by atoms with E-state index in [1.165, 1.54) is 11.6 Å². The van der Waals surface area contributed by atoms with Crippen molar-refractivity contribution in [1.29, 1.82) is 0 Å². The predicted molar refractivity (Wildman–Crippen MR) is 98.6 cm³/mol. The second kappa shape index (κ2) is 5.93. The summed E-state index contributed by atoms with van der Waals surface area (Å²) in [6.45, 7) is 0.208. The van der Waals surface area contributed by atoms with Crippen molar-refractivity contribution in [1.82, 2.24) is 14.3 Å². The molecule has 3 aromatic rings. The highest BCUT2D eigenvalue weighted by atomic mass is 79.9. The monoisotopic (exact) mass is 396 g/mol. The summed E-state index contributed by atoms with van der Waals surface area (Å²) in [5, 5.41) is 4.23. The first-order chi connectivity index (χ1) is 12.1. The molecule has 0 atom stereocenters. The maximum Gasteiger partial charge on any atom is 0.332 e. The molecule has 0 saturated carbocycles. The third kappa shape index (κ3) is 2.56. The first kappa shape index (κ1) is 15.7. The molecule has 7 heteroatoms. The summed E-state index contributed by atoms with van der Waals surface area (Å²) in [4.78, 5) is 29.4. The van der Waals surface area contributed by atoms with Gasteiger partial charge in [0.15, 0.2) is 5.82 Å². The van der Waals surface area contributed by atoms with Gasteiger partial charge in [-0.05, 0) is 18.2 Å². The maximum absolute atomic E-state index is 12.6. The maximum atomic E-state index is 12.6. The van der Waals surface area contributed by atoms with E-state index < -0.39 is 11.1 Å². The number of hydrogen-bond acceptors (Lipinski definition) is 4. The number of nitrogens with zero attached hydrogens (tertiary/aromatic N) is 4. The molecule has 0 N–H and O–H groups in total. The quantitative estimate of drug-likeness (QED) is 0.591. The third-order valence-electron chi connectivity index (χ3n) is 4.08. The molecule has 124 valence electrons. The summed E-state index contributed by atoms with van der Waals surface area (Å²) in [6.07, 6.45) is 0. The molecule has 1 aromatic heterocycles. The Kier molecular flexibility index (Phi) is 3.73. The molecule has 0 aliphatic carbocycles. The molecule has 2 heterocycles. The van der Waals surface area contributed by atoms with E-state index in [0.717, 1.165) is 26.0 Å². The Morgan fingerprint density at radius 1 is 1.04 bits per heavy atom. The van der Waals surface area contributed by atoms with Crippen LogP contribution in [0.4, 0.5) is 0 Å². The van der Waals surface area contributed by atoms with Gasteiger partial charge in [0.25, 0.3) is 0 Å². The normalized spacial score (nSPS) is 12.8. The van der Waals surface area contributed by atoms with Crippen LogP contribution in [0.5, 0.6) is 0 Å². The number of aryl methyl sites for hydroxylation is 1. The average Bonchev–Trinajstić information content (AvgIpc) is 2.77. The van der Waals surface area contributed by atoms with Gasteiger partial charge in [-0.25, -0.2) is 4.68 Å². The summed E-state index contributed by atoms with van der Waals surface area (Å²) in [7, 11) is 1.47. The fourth-order valence-corrected chi connectivity index (χ4v) is 3.30. The summed E-state index contributed by atoms with van der Waals surface area (Å²) < 4.78 is 3.29. The van der Waals surface area contributed by atoms with Crippen molar-refractivity contribution in [2.75, 3.05) is 0 Å². The minimum atomic E-state index is -0.666. The largest absolute Gasteiger partial charge is 0.332 e. The van der Waals surface area contributed by atoms with Crippen molar-refractivity contribution in [2.24, 2.45) is 12.0 Å². The van der Waals surface area contributed by atoms with Crippen LogP contribution in [-0.2, 0) is 13.6 Å². The van der Waals surface area contributed by atoms with Crippen molar-refractivity contribution in [3.8, 4) is 5.69 Å². The molecular weight excluding hydrogens is 384 g/mol. The van der Waals surface area contributed by atoms with E-state index in [-0.39, 0.29) is 6.54 Å². The molecule has 0 radical (unpaired) electrons.